The molecule has 6 nitrogen and oxygen atoms in total. The smallest absolute Gasteiger partial charge is 0.368 e. The summed E-state index contributed by atoms with van der Waals surface area (Å²) in [4.78, 5) is 19.5. The lowest BCUT2D eigenvalue weighted by Crippen LogP contribution is -2.42. The maximum Gasteiger partial charge on any atom is 0.416 e. The lowest BCUT2D eigenvalue weighted by atomic mass is 10.0. The summed E-state index contributed by atoms with van der Waals surface area (Å²) in [6, 6.07) is 10.7. The van der Waals surface area contributed by atoms with Crippen molar-refractivity contribution in [3.8, 4) is 0 Å². The molecule has 0 radical (unpaired) electrons. The number of carbonyl (C=O) groups is 1. The van der Waals surface area contributed by atoms with Gasteiger partial charge in [0.05, 0.1) is 30.1 Å². The van der Waals surface area contributed by atoms with Crippen LogP contribution in [0.25, 0.3) is 0 Å². The number of aromatic nitrogens is 3. The Morgan fingerprint density at radius 3 is 2.77 bits per heavy atom. The van der Waals surface area contributed by atoms with Crippen LogP contribution >= 0.6 is 11.5 Å². The Bertz CT molecular complexity index is 1090. The van der Waals surface area contributed by atoms with Crippen LogP contribution in [-0.4, -0.2) is 45.1 Å². The van der Waals surface area contributed by atoms with E-state index >= 15 is 0 Å². The molecule has 1 fully saturated rings. The van der Waals surface area contributed by atoms with Crippen molar-refractivity contribution in [3.05, 3.63) is 75.6 Å². The van der Waals surface area contributed by atoms with Crippen molar-refractivity contribution in [1.29, 1.82) is 0 Å². The number of amides is 1. The van der Waals surface area contributed by atoms with Crippen LogP contribution in [-0.2, 0) is 17.3 Å². The highest BCUT2D eigenvalue weighted by molar-refractivity contribution is 7.07. The molecule has 1 aromatic carbocycles. The fraction of sp³-hybridized carbons (Fsp3) is 0.333. The van der Waals surface area contributed by atoms with Crippen LogP contribution in [0.5, 0.6) is 0 Å². The van der Waals surface area contributed by atoms with Crippen LogP contribution in [0.4, 0.5) is 13.2 Å². The van der Waals surface area contributed by atoms with Gasteiger partial charge in [-0.2, -0.15) is 13.2 Å². The predicted molar refractivity (Wildman–Crippen MR) is 108 cm³/mol. The summed E-state index contributed by atoms with van der Waals surface area (Å²) in [5, 5.41) is 3.88. The second-order valence-electron chi connectivity index (χ2n) is 7.18. The molecule has 0 saturated carbocycles. The molecular formula is C21H19F3N4O2S. The van der Waals surface area contributed by atoms with Gasteiger partial charge < -0.3 is 9.64 Å². The van der Waals surface area contributed by atoms with Gasteiger partial charge in [0.1, 0.15) is 11.0 Å². The number of aryl methyl sites for hydroxylation is 1. The van der Waals surface area contributed by atoms with Crippen molar-refractivity contribution in [2.45, 2.75) is 25.6 Å². The van der Waals surface area contributed by atoms with Gasteiger partial charge in [0.15, 0.2) is 0 Å². The first-order valence-corrected chi connectivity index (χ1v) is 10.4. The highest BCUT2D eigenvalue weighted by Gasteiger charge is 2.33. The summed E-state index contributed by atoms with van der Waals surface area (Å²) in [7, 11) is 0. The second-order valence-corrected chi connectivity index (χ2v) is 7.94. The molecular weight excluding hydrogens is 429 g/mol. The van der Waals surface area contributed by atoms with Gasteiger partial charge in [-0.05, 0) is 42.2 Å². The predicted octanol–water partition coefficient (Wildman–Crippen LogP) is 4.06. The monoisotopic (exact) mass is 448 g/mol. The van der Waals surface area contributed by atoms with Gasteiger partial charge in [-0.1, -0.05) is 28.8 Å². The molecule has 1 saturated heterocycles. The molecule has 4 rings (SSSR count). The number of benzene rings is 1. The average molecular weight is 448 g/mol. The summed E-state index contributed by atoms with van der Waals surface area (Å²) in [6.07, 6.45) is -4.84. The van der Waals surface area contributed by atoms with E-state index in [1.165, 1.54) is 12.1 Å². The van der Waals surface area contributed by atoms with Gasteiger partial charge >= 0.3 is 6.18 Å². The summed E-state index contributed by atoms with van der Waals surface area (Å²) >= 11 is 1.05. The number of hydrogen-bond donors (Lipinski definition) is 0. The number of morpholine rings is 1. The molecule has 31 heavy (non-hydrogen) atoms. The fourth-order valence-electron chi connectivity index (χ4n) is 3.51. The number of pyridine rings is 1. The van der Waals surface area contributed by atoms with E-state index in [1.54, 1.807) is 36.1 Å². The second kappa shape index (κ2) is 8.72. The lowest BCUT2D eigenvalue weighted by molar-refractivity contribution is -0.138. The van der Waals surface area contributed by atoms with Crippen molar-refractivity contribution >= 4 is 17.4 Å². The summed E-state index contributed by atoms with van der Waals surface area (Å²) in [5.74, 6) is -0.156. The maximum atomic E-state index is 13.3. The van der Waals surface area contributed by atoms with Crippen LogP contribution in [0.15, 0.2) is 42.5 Å². The first kappa shape index (κ1) is 21.4. The van der Waals surface area contributed by atoms with E-state index in [-0.39, 0.29) is 17.9 Å². The third-order valence-electron chi connectivity index (χ3n) is 5.05. The van der Waals surface area contributed by atoms with Crippen molar-refractivity contribution in [3.63, 3.8) is 0 Å². The Labute approximate surface area is 180 Å². The van der Waals surface area contributed by atoms with Gasteiger partial charge in [-0.3, -0.25) is 9.78 Å². The van der Waals surface area contributed by atoms with E-state index in [2.05, 4.69) is 14.6 Å². The van der Waals surface area contributed by atoms with Gasteiger partial charge in [-0.15, -0.1) is 5.10 Å². The van der Waals surface area contributed by atoms with Crippen molar-refractivity contribution in [2.75, 3.05) is 19.7 Å². The largest absolute Gasteiger partial charge is 0.416 e. The average Bonchev–Trinajstić information content (AvgIpc) is 3.19. The number of halogens is 3. The standard InChI is InChI=1S/C21H19F3N4O2S/c1-13-19(31-27-26-13)20(29)28-9-10-30-18(12-28)17-8-4-6-15(25-17)11-14-5-2-3-7-16(14)21(22,23)24/h2-8,18H,9-12H2,1H3. The molecule has 1 atom stereocenters. The minimum Gasteiger partial charge on any atom is -0.368 e. The van der Waals surface area contributed by atoms with Gasteiger partial charge in [-0.25, -0.2) is 0 Å². The Kier molecular flexibility index (Phi) is 6.01. The highest BCUT2D eigenvalue weighted by atomic mass is 32.1. The topological polar surface area (TPSA) is 68.2 Å². The minimum atomic E-state index is -4.43. The Morgan fingerprint density at radius 1 is 1.23 bits per heavy atom. The number of alkyl halides is 3. The van der Waals surface area contributed by atoms with Crippen molar-refractivity contribution in [2.24, 2.45) is 0 Å². The molecule has 1 aliphatic heterocycles. The molecule has 0 N–H and O–H groups in total. The number of carbonyl (C=O) groups excluding carboxylic acids is 1. The highest BCUT2D eigenvalue weighted by Crippen LogP contribution is 2.33. The molecule has 3 heterocycles. The molecule has 162 valence electrons. The Hall–Kier alpha value is -2.85. The molecule has 1 amide bonds. The third-order valence-corrected chi connectivity index (χ3v) is 5.87. The quantitative estimate of drug-likeness (QED) is 0.602. The van der Waals surface area contributed by atoms with E-state index in [1.807, 2.05) is 0 Å². The van der Waals surface area contributed by atoms with Gasteiger partial charge in [0, 0.05) is 18.7 Å². The summed E-state index contributed by atoms with van der Waals surface area (Å²) < 4.78 is 49.5. The zero-order valence-electron chi connectivity index (χ0n) is 16.6. The van der Waals surface area contributed by atoms with E-state index in [0.717, 1.165) is 17.6 Å². The van der Waals surface area contributed by atoms with Crippen LogP contribution in [0.3, 0.4) is 0 Å². The molecule has 0 bridgehead atoms. The first-order chi connectivity index (χ1) is 14.8. The lowest BCUT2D eigenvalue weighted by Gasteiger charge is -2.32. The van der Waals surface area contributed by atoms with E-state index in [4.69, 9.17) is 4.74 Å². The van der Waals surface area contributed by atoms with Crippen LogP contribution in [0, 0.1) is 6.92 Å². The van der Waals surface area contributed by atoms with Crippen molar-refractivity contribution < 1.29 is 22.7 Å². The van der Waals surface area contributed by atoms with Gasteiger partial charge in [0.25, 0.3) is 5.91 Å². The number of nitrogens with zero attached hydrogens (tertiary/aromatic N) is 4. The van der Waals surface area contributed by atoms with Crippen LogP contribution in [0.2, 0.25) is 0 Å². The van der Waals surface area contributed by atoms with Crippen LogP contribution in [0.1, 0.15) is 44.0 Å². The SMILES string of the molecule is Cc1nnsc1C(=O)N1CCOC(c2cccc(Cc3ccccc3C(F)(F)F)n2)C1. The zero-order chi connectivity index (χ0) is 22.0. The Morgan fingerprint density at radius 2 is 2.03 bits per heavy atom. The molecule has 3 aromatic rings. The Balaban J connectivity index is 1.52. The first-order valence-electron chi connectivity index (χ1n) is 9.63. The van der Waals surface area contributed by atoms with Crippen molar-refractivity contribution in [1.82, 2.24) is 19.5 Å². The summed E-state index contributed by atoms with van der Waals surface area (Å²) in [5.41, 5.74) is 1.17. The molecule has 0 spiro atoms. The van der Waals surface area contributed by atoms with E-state index < -0.39 is 17.8 Å². The molecule has 1 aliphatic rings. The number of rotatable bonds is 4. The van der Waals surface area contributed by atoms with E-state index in [9.17, 15) is 18.0 Å². The molecule has 2 aromatic heterocycles. The van der Waals surface area contributed by atoms with Gasteiger partial charge in [0.2, 0.25) is 0 Å². The molecule has 10 heteroatoms. The number of hydrogen-bond acceptors (Lipinski definition) is 6. The minimum absolute atomic E-state index is 0.0462. The molecule has 0 aliphatic carbocycles. The number of ether oxygens (including phenoxy) is 1. The third kappa shape index (κ3) is 4.75. The van der Waals surface area contributed by atoms with E-state index in [0.29, 0.717) is 41.7 Å². The fourth-order valence-corrected chi connectivity index (χ4v) is 4.13. The summed E-state index contributed by atoms with van der Waals surface area (Å²) in [6.45, 7) is 2.81. The molecule has 1 unspecified atom stereocenters. The van der Waals surface area contributed by atoms with Crippen LogP contribution < -0.4 is 0 Å². The zero-order valence-corrected chi connectivity index (χ0v) is 17.4. The maximum absolute atomic E-state index is 13.3. The normalized spacial score (nSPS) is 17.0.